The average Bonchev–Trinajstić information content (AvgIpc) is 2.62. The van der Waals surface area contributed by atoms with Crippen LogP contribution in [0.25, 0.3) is 0 Å². The van der Waals surface area contributed by atoms with Crippen LogP contribution in [0.1, 0.15) is 46.5 Å². The first-order valence-corrected chi connectivity index (χ1v) is 8.31. The number of rotatable bonds is 8. The number of hydrogen-bond acceptors (Lipinski definition) is 4. The fourth-order valence-electron chi connectivity index (χ4n) is 3.16. The Morgan fingerprint density at radius 2 is 1.95 bits per heavy atom. The molecule has 0 bridgehead atoms. The highest BCUT2D eigenvalue weighted by atomic mass is 16.3. The monoisotopic (exact) mass is 285 g/mol. The van der Waals surface area contributed by atoms with Crippen LogP contribution in [0, 0.1) is 0 Å². The smallest absolute Gasteiger partial charge is 0.0613 e. The fourth-order valence-corrected chi connectivity index (χ4v) is 3.16. The van der Waals surface area contributed by atoms with Crippen LogP contribution in [-0.2, 0) is 0 Å². The van der Waals surface area contributed by atoms with Crippen molar-refractivity contribution in [3.63, 3.8) is 0 Å². The van der Waals surface area contributed by atoms with E-state index in [-0.39, 0.29) is 12.1 Å². The molecule has 4 nitrogen and oxygen atoms in total. The van der Waals surface area contributed by atoms with E-state index in [2.05, 4.69) is 42.9 Å². The molecule has 4 heteroatoms. The number of nitrogens with one attached hydrogen (secondary N) is 1. The van der Waals surface area contributed by atoms with E-state index in [0.29, 0.717) is 6.04 Å². The molecule has 1 rings (SSSR count). The van der Waals surface area contributed by atoms with Crippen LogP contribution < -0.4 is 5.32 Å². The average molecular weight is 285 g/mol. The summed E-state index contributed by atoms with van der Waals surface area (Å²) in [7, 11) is 2.21. The van der Waals surface area contributed by atoms with Gasteiger partial charge in [0.15, 0.2) is 0 Å². The second-order valence-electron chi connectivity index (χ2n) is 6.69. The summed E-state index contributed by atoms with van der Waals surface area (Å²) in [6, 6.07) is 0.425. The number of aliphatic hydroxyl groups is 1. The molecule has 1 heterocycles. The highest BCUT2D eigenvalue weighted by molar-refractivity contribution is 4.87. The van der Waals surface area contributed by atoms with Gasteiger partial charge in [-0.1, -0.05) is 20.8 Å². The van der Waals surface area contributed by atoms with E-state index in [0.717, 1.165) is 25.8 Å². The van der Waals surface area contributed by atoms with Gasteiger partial charge >= 0.3 is 0 Å². The van der Waals surface area contributed by atoms with Gasteiger partial charge in [0.25, 0.3) is 0 Å². The summed E-state index contributed by atoms with van der Waals surface area (Å²) < 4.78 is 0. The van der Waals surface area contributed by atoms with Crippen molar-refractivity contribution in [2.75, 3.05) is 46.4 Å². The molecule has 20 heavy (non-hydrogen) atoms. The standard InChI is InChI=1S/C16H35N3O/c1-5-16(14-20,17-15(2)3)8-6-10-19-11-7-9-18(4)12-13-19/h15,17,20H,5-14H2,1-4H3. The largest absolute Gasteiger partial charge is 0.394 e. The molecular formula is C16H35N3O. The highest BCUT2D eigenvalue weighted by Gasteiger charge is 2.27. The van der Waals surface area contributed by atoms with E-state index in [9.17, 15) is 5.11 Å². The molecule has 0 saturated carbocycles. The van der Waals surface area contributed by atoms with Crippen molar-refractivity contribution in [1.29, 1.82) is 0 Å². The van der Waals surface area contributed by atoms with Crippen molar-refractivity contribution in [2.45, 2.75) is 58.0 Å². The van der Waals surface area contributed by atoms with Gasteiger partial charge in [0.1, 0.15) is 0 Å². The van der Waals surface area contributed by atoms with Gasteiger partial charge in [-0.2, -0.15) is 0 Å². The minimum absolute atomic E-state index is 0.0865. The maximum atomic E-state index is 9.76. The highest BCUT2D eigenvalue weighted by Crippen LogP contribution is 2.18. The predicted molar refractivity (Wildman–Crippen MR) is 86.2 cm³/mol. The lowest BCUT2D eigenvalue weighted by molar-refractivity contribution is 0.130. The van der Waals surface area contributed by atoms with Crippen LogP contribution in [-0.4, -0.2) is 72.9 Å². The van der Waals surface area contributed by atoms with Crippen molar-refractivity contribution >= 4 is 0 Å². The van der Waals surface area contributed by atoms with Gasteiger partial charge in [-0.05, 0) is 52.4 Å². The van der Waals surface area contributed by atoms with Crippen LogP contribution in [0.3, 0.4) is 0 Å². The van der Waals surface area contributed by atoms with Crippen LogP contribution >= 0.6 is 0 Å². The second-order valence-corrected chi connectivity index (χ2v) is 6.69. The summed E-state index contributed by atoms with van der Waals surface area (Å²) in [5.41, 5.74) is -0.0865. The Morgan fingerprint density at radius 3 is 2.55 bits per heavy atom. The molecule has 0 spiro atoms. The molecule has 0 aromatic rings. The Kier molecular flexibility index (Phi) is 8.03. The number of hydrogen-bond donors (Lipinski definition) is 2. The van der Waals surface area contributed by atoms with E-state index in [1.165, 1.54) is 32.6 Å². The summed E-state index contributed by atoms with van der Waals surface area (Å²) >= 11 is 0. The van der Waals surface area contributed by atoms with Crippen molar-refractivity contribution in [3.8, 4) is 0 Å². The van der Waals surface area contributed by atoms with Gasteiger partial charge in [-0.3, -0.25) is 0 Å². The lowest BCUT2D eigenvalue weighted by Crippen LogP contribution is -2.51. The van der Waals surface area contributed by atoms with Gasteiger partial charge in [0.05, 0.1) is 6.61 Å². The lowest BCUT2D eigenvalue weighted by Gasteiger charge is -2.35. The second kappa shape index (κ2) is 8.98. The predicted octanol–water partition coefficient (Wildman–Crippen LogP) is 1.54. The number of nitrogens with zero attached hydrogens (tertiary/aromatic N) is 2. The molecular weight excluding hydrogens is 250 g/mol. The third kappa shape index (κ3) is 6.08. The first-order chi connectivity index (χ1) is 9.51. The fraction of sp³-hybridized carbons (Fsp3) is 1.00. The van der Waals surface area contributed by atoms with Crippen molar-refractivity contribution in [2.24, 2.45) is 0 Å². The molecule has 1 unspecified atom stereocenters. The molecule has 2 N–H and O–H groups in total. The first kappa shape index (κ1) is 17.9. The first-order valence-electron chi connectivity index (χ1n) is 8.31. The Hall–Kier alpha value is -0.160. The zero-order valence-corrected chi connectivity index (χ0v) is 14.0. The zero-order valence-electron chi connectivity index (χ0n) is 14.0. The van der Waals surface area contributed by atoms with Crippen LogP contribution in [0.15, 0.2) is 0 Å². The third-order valence-corrected chi connectivity index (χ3v) is 4.52. The van der Waals surface area contributed by atoms with E-state index in [1.807, 2.05) is 0 Å². The quantitative estimate of drug-likeness (QED) is 0.710. The zero-order chi connectivity index (χ0) is 15.0. The van der Waals surface area contributed by atoms with E-state index >= 15 is 0 Å². The Bertz CT molecular complexity index is 254. The van der Waals surface area contributed by atoms with E-state index in [4.69, 9.17) is 0 Å². The normalized spacial score (nSPS) is 21.9. The van der Waals surface area contributed by atoms with Gasteiger partial charge in [-0.15, -0.1) is 0 Å². The van der Waals surface area contributed by atoms with Crippen LogP contribution in [0.5, 0.6) is 0 Å². The minimum atomic E-state index is -0.0865. The molecule has 1 aliphatic rings. The Balaban J connectivity index is 2.36. The van der Waals surface area contributed by atoms with Gasteiger partial charge in [0, 0.05) is 24.7 Å². The number of likely N-dealkylation sites (N-methyl/N-ethyl adjacent to an activating group) is 1. The van der Waals surface area contributed by atoms with Gasteiger partial charge < -0.3 is 20.2 Å². The minimum Gasteiger partial charge on any atom is -0.394 e. The molecule has 1 saturated heterocycles. The Morgan fingerprint density at radius 1 is 1.20 bits per heavy atom. The number of aliphatic hydroxyl groups excluding tert-OH is 1. The summed E-state index contributed by atoms with van der Waals surface area (Å²) in [6.07, 6.45) is 4.49. The lowest BCUT2D eigenvalue weighted by atomic mass is 9.90. The van der Waals surface area contributed by atoms with Crippen molar-refractivity contribution in [3.05, 3.63) is 0 Å². The van der Waals surface area contributed by atoms with Crippen LogP contribution in [0.4, 0.5) is 0 Å². The summed E-state index contributed by atoms with van der Waals surface area (Å²) in [6.45, 7) is 12.7. The van der Waals surface area contributed by atoms with Crippen molar-refractivity contribution in [1.82, 2.24) is 15.1 Å². The molecule has 0 radical (unpaired) electrons. The molecule has 0 aromatic carbocycles. The van der Waals surface area contributed by atoms with E-state index in [1.54, 1.807) is 0 Å². The van der Waals surface area contributed by atoms with Crippen LogP contribution in [0.2, 0.25) is 0 Å². The maximum Gasteiger partial charge on any atom is 0.0613 e. The summed E-state index contributed by atoms with van der Waals surface area (Å²) in [4.78, 5) is 5.00. The molecule has 1 atom stereocenters. The molecule has 1 fully saturated rings. The molecule has 120 valence electrons. The van der Waals surface area contributed by atoms with Gasteiger partial charge in [-0.25, -0.2) is 0 Å². The maximum absolute atomic E-state index is 9.76. The SMILES string of the molecule is CCC(CO)(CCCN1CCCN(C)CC1)NC(C)C. The third-order valence-electron chi connectivity index (χ3n) is 4.52. The molecule has 1 aliphatic heterocycles. The topological polar surface area (TPSA) is 38.7 Å². The van der Waals surface area contributed by atoms with E-state index < -0.39 is 0 Å². The molecule has 0 aromatic heterocycles. The molecule has 0 amide bonds. The molecule has 0 aliphatic carbocycles. The Labute approximate surface area is 125 Å². The van der Waals surface area contributed by atoms with Crippen molar-refractivity contribution < 1.29 is 5.11 Å². The summed E-state index contributed by atoms with van der Waals surface area (Å²) in [5.74, 6) is 0. The summed E-state index contributed by atoms with van der Waals surface area (Å²) in [5, 5.41) is 13.3. The van der Waals surface area contributed by atoms with Gasteiger partial charge in [0.2, 0.25) is 0 Å².